The molecule has 2 nitrogen and oxygen atoms in total. The molecule has 0 fully saturated rings. The molecule has 0 spiro atoms. The molecule has 0 aromatic heterocycles. The molecule has 0 aliphatic heterocycles. The third-order valence-electron chi connectivity index (χ3n) is 1.25. The van der Waals surface area contributed by atoms with Crippen molar-refractivity contribution in [3.8, 4) is 0 Å². The molecule has 0 aromatic rings. The molecule has 0 bridgehead atoms. The summed E-state index contributed by atoms with van der Waals surface area (Å²) < 4.78 is 4.77. The molecule has 0 saturated heterocycles. The first-order chi connectivity index (χ1) is 5.20. The fourth-order valence-corrected chi connectivity index (χ4v) is 0.702. The Morgan fingerprint density at radius 2 is 2.27 bits per heavy atom. The molecule has 62 valence electrons. The molecule has 0 aliphatic rings. The Balaban J connectivity index is 3.71. The summed E-state index contributed by atoms with van der Waals surface area (Å²) in [4.78, 5) is 10.4. The summed E-state index contributed by atoms with van der Waals surface area (Å²) >= 11 is 0. The number of hydrogen-bond acceptors (Lipinski definition) is 2. The normalized spacial score (nSPS) is 8.55. The van der Waals surface area contributed by atoms with Gasteiger partial charge in [-0.15, -0.1) is 5.73 Å². The van der Waals surface area contributed by atoms with E-state index >= 15 is 0 Å². The van der Waals surface area contributed by atoms with Crippen molar-refractivity contribution in [2.45, 2.75) is 26.7 Å². The molecule has 0 aromatic carbocycles. The van der Waals surface area contributed by atoms with Crippen LogP contribution in [0.5, 0.6) is 0 Å². The van der Waals surface area contributed by atoms with E-state index in [4.69, 9.17) is 4.74 Å². The number of esters is 1. The van der Waals surface area contributed by atoms with Gasteiger partial charge in [0.1, 0.15) is 6.61 Å². The summed E-state index contributed by atoms with van der Waals surface area (Å²) in [6.45, 7) is 7.30. The van der Waals surface area contributed by atoms with E-state index in [9.17, 15) is 4.79 Å². The van der Waals surface area contributed by atoms with Crippen molar-refractivity contribution in [2.24, 2.45) is 0 Å². The third kappa shape index (κ3) is 5.43. The van der Waals surface area contributed by atoms with E-state index < -0.39 is 0 Å². The van der Waals surface area contributed by atoms with Crippen molar-refractivity contribution in [1.82, 2.24) is 0 Å². The van der Waals surface area contributed by atoms with Crippen LogP contribution >= 0.6 is 0 Å². The second-order valence-electron chi connectivity index (χ2n) is 2.31. The molecule has 2 heteroatoms. The topological polar surface area (TPSA) is 26.3 Å². The van der Waals surface area contributed by atoms with Crippen LogP contribution in [-0.2, 0) is 9.53 Å². The van der Waals surface area contributed by atoms with Crippen molar-refractivity contribution in [1.29, 1.82) is 0 Å². The van der Waals surface area contributed by atoms with Gasteiger partial charge in [-0.3, -0.25) is 4.79 Å². The monoisotopic (exact) mass is 154 g/mol. The van der Waals surface area contributed by atoms with Crippen LogP contribution in [0.4, 0.5) is 0 Å². The van der Waals surface area contributed by atoms with Crippen LogP contribution in [0.3, 0.4) is 0 Å². The SMILES string of the molecule is C=C=C(CCC)COC(C)=O. The molecule has 0 saturated carbocycles. The van der Waals surface area contributed by atoms with E-state index in [1.165, 1.54) is 6.92 Å². The van der Waals surface area contributed by atoms with E-state index in [1.54, 1.807) is 0 Å². The predicted molar refractivity (Wildman–Crippen MR) is 44.2 cm³/mol. The van der Waals surface area contributed by atoms with Crippen molar-refractivity contribution in [3.63, 3.8) is 0 Å². The number of hydrogen-bond donors (Lipinski definition) is 0. The Morgan fingerprint density at radius 1 is 1.64 bits per heavy atom. The lowest BCUT2D eigenvalue weighted by Crippen LogP contribution is -2.02. The van der Waals surface area contributed by atoms with E-state index in [-0.39, 0.29) is 5.97 Å². The minimum Gasteiger partial charge on any atom is -0.461 e. The van der Waals surface area contributed by atoms with Crippen molar-refractivity contribution < 1.29 is 9.53 Å². The summed E-state index contributed by atoms with van der Waals surface area (Å²) in [5.74, 6) is -0.256. The molecule has 0 N–H and O–H groups in total. The summed E-state index contributed by atoms with van der Waals surface area (Å²) in [7, 11) is 0. The highest BCUT2D eigenvalue weighted by Crippen LogP contribution is 2.02. The molecule has 0 aliphatic carbocycles. The largest absolute Gasteiger partial charge is 0.461 e. The lowest BCUT2D eigenvalue weighted by molar-refractivity contribution is -0.140. The van der Waals surface area contributed by atoms with E-state index in [2.05, 4.69) is 19.2 Å². The van der Waals surface area contributed by atoms with Crippen LogP contribution in [0, 0.1) is 0 Å². The molecule has 11 heavy (non-hydrogen) atoms. The Morgan fingerprint density at radius 3 is 2.64 bits per heavy atom. The highest BCUT2D eigenvalue weighted by Gasteiger charge is 1.97. The number of ether oxygens (including phenoxy) is 1. The molecular weight excluding hydrogens is 140 g/mol. The lowest BCUT2D eigenvalue weighted by Gasteiger charge is -2.02. The van der Waals surface area contributed by atoms with Gasteiger partial charge in [0.2, 0.25) is 0 Å². The van der Waals surface area contributed by atoms with Crippen molar-refractivity contribution >= 4 is 5.97 Å². The van der Waals surface area contributed by atoms with Gasteiger partial charge in [0.05, 0.1) is 0 Å². The van der Waals surface area contributed by atoms with E-state index in [0.29, 0.717) is 6.61 Å². The molecule has 0 atom stereocenters. The van der Waals surface area contributed by atoms with Crippen LogP contribution in [0.2, 0.25) is 0 Å². The zero-order valence-electron chi connectivity index (χ0n) is 7.14. The van der Waals surface area contributed by atoms with Crippen LogP contribution < -0.4 is 0 Å². The zero-order valence-corrected chi connectivity index (χ0v) is 7.14. The van der Waals surface area contributed by atoms with E-state index in [1.807, 2.05) is 0 Å². The van der Waals surface area contributed by atoms with Gasteiger partial charge in [0.15, 0.2) is 0 Å². The summed E-state index contributed by atoms with van der Waals surface area (Å²) in [5.41, 5.74) is 3.71. The summed E-state index contributed by atoms with van der Waals surface area (Å²) in [5, 5.41) is 0. The lowest BCUT2D eigenvalue weighted by atomic mass is 10.2. The van der Waals surface area contributed by atoms with Crippen molar-refractivity contribution in [2.75, 3.05) is 6.61 Å². The Labute approximate surface area is 67.6 Å². The standard InChI is InChI=1S/C9H14O2/c1-4-6-9(5-2)7-11-8(3)10/h2,4,6-7H2,1,3H3. The second-order valence-corrected chi connectivity index (χ2v) is 2.31. The molecule has 0 radical (unpaired) electrons. The first-order valence-corrected chi connectivity index (χ1v) is 3.71. The Kier molecular flexibility index (Phi) is 5.22. The zero-order chi connectivity index (χ0) is 8.69. The number of carbonyl (C=O) groups is 1. The number of rotatable bonds is 4. The smallest absolute Gasteiger partial charge is 0.302 e. The Bertz CT molecular complexity index is 176. The van der Waals surface area contributed by atoms with Crippen molar-refractivity contribution in [3.05, 3.63) is 17.9 Å². The van der Waals surface area contributed by atoms with Gasteiger partial charge < -0.3 is 4.74 Å². The van der Waals surface area contributed by atoms with Gasteiger partial charge in [-0.2, -0.15) is 0 Å². The average Bonchev–Trinajstić information content (AvgIpc) is 1.97. The summed E-state index contributed by atoms with van der Waals surface area (Å²) in [6, 6.07) is 0. The molecule has 0 amide bonds. The van der Waals surface area contributed by atoms with Gasteiger partial charge in [0.25, 0.3) is 0 Å². The highest BCUT2D eigenvalue weighted by atomic mass is 16.5. The maximum atomic E-state index is 10.4. The molecule has 0 unspecified atom stereocenters. The van der Waals surface area contributed by atoms with Gasteiger partial charge in [-0.05, 0) is 6.42 Å². The molecular formula is C9H14O2. The summed E-state index contributed by atoms with van der Waals surface area (Å²) in [6.07, 6.45) is 1.93. The van der Waals surface area contributed by atoms with Crippen LogP contribution in [-0.4, -0.2) is 12.6 Å². The first-order valence-electron chi connectivity index (χ1n) is 3.71. The fourth-order valence-electron chi connectivity index (χ4n) is 0.702. The van der Waals surface area contributed by atoms with Crippen LogP contribution in [0.15, 0.2) is 17.9 Å². The average molecular weight is 154 g/mol. The molecule has 0 heterocycles. The van der Waals surface area contributed by atoms with Gasteiger partial charge >= 0.3 is 5.97 Å². The highest BCUT2D eigenvalue weighted by molar-refractivity contribution is 5.66. The quantitative estimate of drug-likeness (QED) is 0.457. The van der Waals surface area contributed by atoms with Crippen LogP contribution in [0.25, 0.3) is 0 Å². The first kappa shape index (κ1) is 9.99. The Hall–Kier alpha value is -1.01. The third-order valence-corrected chi connectivity index (χ3v) is 1.25. The number of carbonyl (C=O) groups excluding carboxylic acids is 1. The minimum atomic E-state index is -0.256. The van der Waals surface area contributed by atoms with Gasteiger partial charge in [0, 0.05) is 12.5 Å². The second kappa shape index (κ2) is 5.75. The van der Waals surface area contributed by atoms with Gasteiger partial charge in [-0.1, -0.05) is 19.9 Å². The predicted octanol–water partition coefficient (Wildman–Crippen LogP) is 2.06. The van der Waals surface area contributed by atoms with Crippen LogP contribution in [0.1, 0.15) is 26.7 Å². The minimum absolute atomic E-state index is 0.256. The molecule has 0 rings (SSSR count). The van der Waals surface area contributed by atoms with Gasteiger partial charge in [-0.25, -0.2) is 0 Å². The van der Waals surface area contributed by atoms with E-state index in [0.717, 1.165) is 18.4 Å². The fraction of sp³-hybridized carbons (Fsp3) is 0.556. The maximum Gasteiger partial charge on any atom is 0.302 e. The maximum absolute atomic E-state index is 10.4.